The summed E-state index contributed by atoms with van der Waals surface area (Å²) in [6.45, 7) is 8.56. The van der Waals surface area contributed by atoms with Gasteiger partial charge in [0.05, 0.1) is 6.04 Å². The first-order valence-electron chi connectivity index (χ1n) is 5.77. The van der Waals surface area contributed by atoms with Crippen molar-refractivity contribution in [1.29, 1.82) is 0 Å². The third-order valence-corrected chi connectivity index (χ3v) is 2.01. The van der Waals surface area contributed by atoms with Crippen molar-refractivity contribution in [1.82, 2.24) is 5.32 Å². The lowest BCUT2D eigenvalue weighted by atomic mass is 9.98. The Kier molecular flexibility index (Phi) is 5.81. The third kappa shape index (κ3) is 6.88. The SMILES string of the molecule is CC(C)[C@@H](NC(=O)OC(C)(C)C)C(=O)CC(=O)O. The van der Waals surface area contributed by atoms with Gasteiger partial charge in [-0.25, -0.2) is 4.79 Å². The highest BCUT2D eigenvalue weighted by Crippen LogP contribution is 2.10. The topological polar surface area (TPSA) is 92.7 Å². The number of carboxylic acids is 1. The molecule has 0 saturated carbocycles. The van der Waals surface area contributed by atoms with E-state index in [9.17, 15) is 14.4 Å². The summed E-state index contributed by atoms with van der Waals surface area (Å²) < 4.78 is 5.02. The Morgan fingerprint density at radius 1 is 1.22 bits per heavy atom. The smallest absolute Gasteiger partial charge is 0.408 e. The van der Waals surface area contributed by atoms with Crippen molar-refractivity contribution in [2.24, 2.45) is 5.92 Å². The lowest BCUT2D eigenvalue weighted by Gasteiger charge is -2.24. The Bertz CT molecular complexity index is 330. The van der Waals surface area contributed by atoms with Gasteiger partial charge in [0.2, 0.25) is 0 Å². The van der Waals surface area contributed by atoms with Crippen LogP contribution in [0.15, 0.2) is 0 Å². The van der Waals surface area contributed by atoms with Gasteiger partial charge in [0.1, 0.15) is 12.0 Å². The predicted octanol–water partition coefficient (Wildman–Crippen LogP) is 1.58. The number of hydrogen-bond donors (Lipinski definition) is 2. The number of amides is 1. The van der Waals surface area contributed by atoms with Gasteiger partial charge < -0.3 is 15.2 Å². The number of rotatable bonds is 5. The largest absolute Gasteiger partial charge is 0.481 e. The molecule has 2 N–H and O–H groups in total. The van der Waals surface area contributed by atoms with Crippen LogP contribution in [0.25, 0.3) is 0 Å². The predicted molar refractivity (Wildman–Crippen MR) is 65.3 cm³/mol. The first-order chi connectivity index (χ1) is 8.03. The van der Waals surface area contributed by atoms with Crippen LogP contribution in [-0.2, 0) is 14.3 Å². The summed E-state index contributed by atoms with van der Waals surface area (Å²) in [6, 6.07) is -0.851. The van der Waals surface area contributed by atoms with Crippen LogP contribution in [0.5, 0.6) is 0 Å². The molecule has 0 heterocycles. The molecule has 6 heteroatoms. The zero-order valence-corrected chi connectivity index (χ0v) is 11.4. The fourth-order valence-electron chi connectivity index (χ4n) is 1.31. The van der Waals surface area contributed by atoms with Crippen LogP contribution in [0.1, 0.15) is 41.0 Å². The molecule has 0 aromatic carbocycles. The lowest BCUT2D eigenvalue weighted by Crippen LogP contribution is -2.46. The number of aliphatic carboxylic acids is 1. The molecule has 0 aliphatic carbocycles. The summed E-state index contributed by atoms with van der Waals surface area (Å²) in [5.74, 6) is -1.95. The molecule has 0 aromatic rings. The number of Topliss-reactive ketones (excluding diaryl/α,β-unsaturated/α-hetero) is 1. The van der Waals surface area contributed by atoms with E-state index in [2.05, 4.69) is 5.32 Å². The van der Waals surface area contributed by atoms with Gasteiger partial charge in [-0.1, -0.05) is 13.8 Å². The second-order valence-corrected chi connectivity index (χ2v) is 5.40. The summed E-state index contributed by atoms with van der Waals surface area (Å²) >= 11 is 0. The van der Waals surface area contributed by atoms with E-state index in [0.29, 0.717) is 0 Å². The number of hydrogen-bond acceptors (Lipinski definition) is 4. The standard InChI is InChI=1S/C12H21NO5/c1-7(2)10(8(14)6-9(15)16)13-11(17)18-12(3,4)5/h7,10H,6H2,1-5H3,(H,13,17)(H,15,16)/t10-/m1/s1. The van der Waals surface area contributed by atoms with Crippen LogP contribution in [-0.4, -0.2) is 34.6 Å². The Morgan fingerprint density at radius 3 is 2.06 bits per heavy atom. The molecule has 0 aliphatic heterocycles. The van der Waals surface area contributed by atoms with Crippen molar-refractivity contribution in [3.8, 4) is 0 Å². The summed E-state index contributed by atoms with van der Waals surface area (Å²) in [6.07, 6.45) is -1.33. The van der Waals surface area contributed by atoms with Crippen LogP contribution < -0.4 is 5.32 Å². The minimum Gasteiger partial charge on any atom is -0.481 e. The first kappa shape index (κ1) is 16.4. The summed E-state index contributed by atoms with van der Waals surface area (Å²) in [4.78, 5) is 33.7. The molecular formula is C12H21NO5. The number of carbonyl (C=O) groups is 3. The molecule has 6 nitrogen and oxygen atoms in total. The Hall–Kier alpha value is -1.59. The maximum atomic E-state index is 11.6. The van der Waals surface area contributed by atoms with Crippen LogP contribution >= 0.6 is 0 Å². The highest BCUT2D eigenvalue weighted by atomic mass is 16.6. The van der Waals surface area contributed by atoms with E-state index in [1.54, 1.807) is 34.6 Å². The normalized spacial score (nSPS) is 13.0. The number of nitrogens with one attached hydrogen (secondary N) is 1. The second kappa shape index (κ2) is 6.37. The van der Waals surface area contributed by atoms with Gasteiger partial charge >= 0.3 is 12.1 Å². The van der Waals surface area contributed by atoms with Gasteiger partial charge in [0.25, 0.3) is 0 Å². The highest BCUT2D eigenvalue weighted by molar-refractivity contribution is 5.99. The average molecular weight is 259 g/mol. The molecule has 0 bridgehead atoms. The number of alkyl carbamates (subject to hydrolysis) is 1. The molecule has 0 spiro atoms. The van der Waals surface area contributed by atoms with Crippen molar-refractivity contribution < 1.29 is 24.2 Å². The Labute approximate surface area is 107 Å². The van der Waals surface area contributed by atoms with Crippen molar-refractivity contribution in [3.05, 3.63) is 0 Å². The molecule has 0 saturated heterocycles. The maximum absolute atomic E-state index is 11.6. The van der Waals surface area contributed by atoms with Crippen molar-refractivity contribution in [3.63, 3.8) is 0 Å². The van der Waals surface area contributed by atoms with E-state index in [4.69, 9.17) is 9.84 Å². The summed E-state index contributed by atoms with van der Waals surface area (Å²) in [5.41, 5.74) is -0.665. The van der Waals surface area contributed by atoms with Gasteiger partial charge in [-0.2, -0.15) is 0 Å². The molecule has 0 aliphatic rings. The van der Waals surface area contributed by atoms with Gasteiger partial charge in [0, 0.05) is 0 Å². The number of ketones is 1. The number of carbonyl (C=O) groups excluding carboxylic acids is 2. The minimum absolute atomic E-state index is 0.204. The van der Waals surface area contributed by atoms with Crippen molar-refractivity contribution in [2.75, 3.05) is 0 Å². The molecule has 1 atom stereocenters. The maximum Gasteiger partial charge on any atom is 0.408 e. The van der Waals surface area contributed by atoms with E-state index in [1.807, 2.05) is 0 Å². The van der Waals surface area contributed by atoms with Gasteiger partial charge in [-0.3, -0.25) is 9.59 Å². The minimum atomic E-state index is -1.21. The van der Waals surface area contributed by atoms with E-state index in [-0.39, 0.29) is 5.92 Å². The van der Waals surface area contributed by atoms with E-state index in [1.165, 1.54) is 0 Å². The zero-order valence-electron chi connectivity index (χ0n) is 11.4. The fraction of sp³-hybridized carbons (Fsp3) is 0.750. The Balaban J connectivity index is 4.59. The number of carboxylic acid groups (broad SMARTS) is 1. The average Bonchev–Trinajstić information content (AvgIpc) is 2.09. The van der Waals surface area contributed by atoms with Gasteiger partial charge in [-0.15, -0.1) is 0 Å². The molecule has 0 rings (SSSR count). The highest BCUT2D eigenvalue weighted by Gasteiger charge is 2.27. The quantitative estimate of drug-likeness (QED) is 0.731. The molecule has 1 amide bonds. The lowest BCUT2D eigenvalue weighted by molar-refractivity contribution is -0.141. The molecule has 0 fully saturated rings. The molecule has 18 heavy (non-hydrogen) atoms. The fourth-order valence-corrected chi connectivity index (χ4v) is 1.31. The van der Waals surface area contributed by atoms with Crippen LogP contribution in [0.3, 0.4) is 0 Å². The molecule has 104 valence electrons. The summed E-state index contributed by atoms with van der Waals surface area (Å²) in [7, 11) is 0. The third-order valence-electron chi connectivity index (χ3n) is 2.01. The second-order valence-electron chi connectivity index (χ2n) is 5.40. The molecule has 0 radical (unpaired) electrons. The van der Waals surface area contributed by atoms with Crippen LogP contribution in [0, 0.1) is 5.92 Å². The molecule has 0 aromatic heterocycles. The van der Waals surface area contributed by atoms with Crippen molar-refractivity contribution >= 4 is 17.8 Å². The Morgan fingerprint density at radius 2 is 1.72 bits per heavy atom. The van der Waals surface area contributed by atoms with Crippen molar-refractivity contribution in [2.45, 2.75) is 52.7 Å². The first-order valence-corrected chi connectivity index (χ1v) is 5.77. The van der Waals surface area contributed by atoms with Crippen LogP contribution in [0.4, 0.5) is 4.79 Å². The van der Waals surface area contributed by atoms with Crippen LogP contribution in [0.2, 0.25) is 0 Å². The zero-order chi connectivity index (χ0) is 14.5. The monoisotopic (exact) mass is 259 g/mol. The van der Waals surface area contributed by atoms with E-state index >= 15 is 0 Å². The number of ether oxygens (including phenoxy) is 1. The summed E-state index contributed by atoms with van der Waals surface area (Å²) in [5, 5.41) is 11.0. The van der Waals surface area contributed by atoms with E-state index < -0.39 is 35.9 Å². The van der Waals surface area contributed by atoms with Gasteiger partial charge in [-0.05, 0) is 26.7 Å². The van der Waals surface area contributed by atoms with Gasteiger partial charge in [0.15, 0.2) is 5.78 Å². The van der Waals surface area contributed by atoms with E-state index in [0.717, 1.165) is 0 Å². The molecular weight excluding hydrogens is 238 g/mol. The molecule has 0 unspecified atom stereocenters.